The van der Waals surface area contributed by atoms with E-state index < -0.39 is 11.7 Å². The molecule has 1 aromatic heterocycles. The molecule has 3 heterocycles. The van der Waals surface area contributed by atoms with E-state index in [1.54, 1.807) is 28.1 Å². The molecule has 0 saturated carbocycles. The van der Waals surface area contributed by atoms with Crippen LogP contribution in [0.3, 0.4) is 0 Å². The molecule has 7 heteroatoms. The summed E-state index contributed by atoms with van der Waals surface area (Å²) in [6.45, 7) is 1.86. The SMILES string of the molecule is Cc1cn(-c2ccc(C(=O)N[C@@H]3C[C@@H]4CC[C@H]3N4C#N)c(F)c2)cn1. The predicted molar refractivity (Wildman–Crippen MR) is 88.4 cm³/mol. The number of aryl methyl sites for hydroxylation is 1. The molecule has 2 fully saturated rings. The van der Waals surface area contributed by atoms with Gasteiger partial charge in [-0.3, -0.25) is 4.79 Å². The van der Waals surface area contributed by atoms with Crippen LogP contribution in [-0.2, 0) is 0 Å². The van der Waals surface area contributed by atoms with Crippen molar-refractivity contribution < 1.29 is 9.18 Å². The monoisotopic (exact) mass is 339 g/mol. The number of hydrogen-bond donors (Lipinski definition) is 1. The first-order valence-corrected chi connectivity index (χ1v) is 8.36. The van der Waals surface area contributed by atoms with E-state index >= 15 is 0 Å². The summed E-state index contributed by atoms with van der Waals surface area (Å²) in [5.74, 6) is -0.997. The largest absolute Gasteiger partial charge is 0.347 e. The Morgan fingerprint density at radius 2 is 2.28 bits per heavy atom. The van der Waals surface area contributed by atoms with Gasteiger partial charge in [0, 0.05) is 17.9 Å². The number of rotatable bonds is 3. The first-order chi connectivity index (χ1) is 12.1. The summed E-state index contributed by atoms with van der Waals surface area (Å²) in [7, 11) is 0. The van der Waals surface area contributed by atoms with Gasteiger partial charge in [0.25, 0.3) is 5.91 Å². The normalized spacial score (nSPS) is 24.4. The highest BCUT2D eigenvalue weighted by atomic mass is 19.1. The van der Waals surface area contributed by atoms with Crippen molar-refractivity contribution >= 4 is 5.91 Å². The molecule has 6 nitrogen and oxygen atoms in total. The Hall–Kier alpha value is -2.88. The predicted octanol–water partition coefficient (Wildman–Crippen LogP) is 2.14. The van der Waals surface area contributed by atoms with Gasteiger partial charge in [-0.15, -0.1) is 0 Å². The van der Waals surface area contributed by atoms with Gasteiger partial charge in [-0.25, -0.2) is 9.37 Å². The fraction of sp³-hybridized carbons (Fsp3) is 0.389. The van der Waals surface area contributed by atoms with E-state index in [1.807, 2.05) is 6.92 Å². The van der Waals surface area contributed by atoms with Gasteiger partial charge in [0.15, 0.2) is 6.19 Å². The van der Waals surface area contributed by atoms with Gasteiger partial charge in [-0.1, -0.05) is 0 Å². The van der Waals surface area contributed by atoms with Gasteiger partial charge in [-0.05, 0) is 44.4 Å². The Balaban J connectivity index is 1.50. The quantitative estimate of drug-likeness (QED) is 0.870. The third-order valence-corrected chi connectivity index (χ3v) is 5.18. The van der Waals surface area contributed by atoms with Gasteiger partial charge in [0.05, 0.1) is 29.7 Å². The van der Waals surface area contributed by atoms with Crippen molar-refractivity contribution in [2.45, 2.75) is 44.3 Å². The van der Waals surface area contributed by atoms with Crippen molar-refractivity contribution in [3.05, 3.63) is 47.8 Å². The maximum absolute atomic E-state index is 14.4. The molecule has 2 saturated heterocycles. The number of imidazole rings is 1. The molecule has 128 valence electrons. The Morgan fingerprint density at radius 1 is 1.44 bits per heavy atom. The van der Waals surface area contributed by atoms with Gasteiger partial charge in [-0.2, -0.15) is 5.26 Å². The maximum Gasteiger partial charge on any atom is 0.254 e. The number of hydrogen-bond acceptors (Lipinski definition) is 4. The van der Waals surface area contributed by atoms with Crippen LogP contribution in [-0.4, -0.2) is 38.5 Å². The fourth-order valence-corrected chi connectivity index (χ4v) is 3.96. The van der Waals surface area contributed by atoms with Crippen molar-refractivity contribution in [2.75, 3.05) is 0 Å². The van der Waals surface area contributed by atoms with Crippen molar-refractivity contribution in [1.82, 2.24) is 19.8 Å². The number of nitrogens with zero attached hydrogens (tertiary/aromatic N) is 4. The molecule has 2 aliphatic rings. The van der Waals surface area contributed by atoms with Crippen LogP contribution in [0.2, 0.25) is 0 Å². The molecular formula is C18H18FN5O. The molecule has 4 rings (SSSR count). The number of carbonyl (C=O) groups is 1. The summed E-state index contributed by atoms with van der Waals surface area (Å²) in [5, 5.41) is 12.1. The summed E-state index contributed by atoms with van der Waals surface area (Å²) in [6, 6.07) is 4.67. The molecule has 0 aliphatic carbocycles. The topological polar surface area (TPSA) is 74.0 Å². The molecule has 2 bridgehead atoms. The Morgan fingerprint density at radius 3 is 2.92 bits per heavy atom. The highest BCUT2D eigenvalue weighted by molar-refractivity contribution is 5.95. The van der Waals surface area contributed by atoms with Crippen LogP contribution < -0.4 is 5.32 Å². The smallest absolute Gasteiger partial charge is 0.254 e. The zero-order chi connectivity index (χ0) is 17.6. The lowest BCUT2D eigenvalue weighted by Gasteiger charge is -2.22. The lowest BCUT2D eigenvalue weighted by atomic mass is 9.95. The van der Waals surface area contributed by atoms with E-state index in [1.165, 1.54) is 12.1 Å². The van der Waals surface area contributed by atoms with Gasteiger partial charge >= 0.3 is 0 Å². The number of fused-ring (bicyclic) bond motifs is 2. The van der Waals surface area contributed by atoms with Crippen LogP contribution in [0.1, 0.15) is 35.3 Å². The minimum atomic E-state index is -0.568. The molecule has 3 atom stereocenters. The number of amides is 1. The second kappa shape index (κ2) is 5.88. The third kappa shape index (κ3) is 2.64. The number of benzene rings is 1. The maximum atomic E-state index is 14.4. The molecule has 0 unspecified atom stereocenters. The van der Waals surface area contributed by atoms with Gasteiger partial charge in [0.1, 0.15) is 5.82 Å². The van der Waals surface area contributed by atoms with Gasteiger partial charge in [0.2, 0.25) is 0 Å². The Kier molecular flexibility index (Phi) is 3.68. The van der Waals surface area contributed by atoms with Crippen molar-refractivity contribution in [2.24, 2.45) is 0 Å². The highest BCUT2D eigenvalue weighted by Gasteiger charge is 2.46. The lowest BCUT2D eigenvalue weighted by Crippen LogP contribution is -2.43. The molecule has 1 N–H and O–H groups in total. The number of halogens is 1. The van der Waals surface area contributed by atoms with E-state index in [9.17, 15) is 14.4 Å². The molecule has 2 aliphatic heterocycles. The van der Waals surface area contributed by atoms with E-state index in [0.717, 1.165) is 25.0 Å². The van der Waals surface area contributed by atoms with Crippen LogP contribution in [0, 0.1) is 24.2 Å². The highest BCUT2D eigenvalue weighted by Crippen LogP contribution is 2.37. The summed E-state index contributed by atoms with van der Waals surface area (Å²) < 4.78 is 16.1. The first-order valence-electron chi connectivity index (χ1n) is 8.36. The van der Waals surface area contributed by atoms with Crippen LogP contribution in [0.15, 0.2) is 30.7 Å². The standard InChI is InChI=1S/C18H18FN5O/c1-11-8-23(10-21-11)12-2-4-14(15(19)6-12)18(25)22-16-7-13-3-5-17(16)24(13)9-20/h2,4,6,8,10,13,16-17H,3,5,7H2,1H3,(H,22,25)/t13-,16+,17+/m0/s1. The summed E-state index contributed by atoms with van der Waals surface area (Å²) in [5.41, 5.74) is 1.47. The lowest BCUT2D eigenvalue weighted by molar-refractivity contribution is 0.0924. The summed E-state index contributed by atoms with van der Waals surface area (Å²) in [4.78, 5) is 18.4. The van der Waals surface area contributed by atoms with Gasteiger partial charge < -0.3 is 14.8 Å². The van der Waals surface area contributed by atoms with Crippen LogP contribution >= 0.6 is 0 Å². The Bertz CT molecular complexity index is 871. The number of carbonyl (C=O) groups excluding carboxylic acids is 1. The van der Waals surface area contributed by atoms with Crippen molar-refractivity contribution in [1.29, 1.82) is 5.26 Å². The minimum Gasteiger partial charge on any atom is -0.347 e. The van der Waals surface area contributed by atoms with Crippen LogP contribution in [0.4, 0.5) is 4.39 Å². The van der Waals surface area contributed by atoms with E-state index in [0.29, 0.717) is 5.69 Å². The zero-order valence-corrected chi connectivity index (χ0v) is 13.8. The number of aromatic nitrogens is 2. The molecule has 0 spiro atoms. The van der Waals surface area contributed by atoms with Crippen LogP contribution in [0.5, 0.6) is 0 Å². The van der Waals surface area contributed by atoms with E-state index in [-0.39, 0.29) is 23.7 Å². The Labute approximate surface area is 144 Å². The van der Waals surface area contributed by atoms with E-state index in [2.05, 4.69) is 16.5 Å². The van der Waals surface area contributed by atoms with Crippen molar-refractivity contribution in [3.8, 4) is 11.9 Å². The average Bonchev–Trinajstić information content (AvgIpc) is 3.28. The second-order valence-electron chi connectivity index (χ2n) is 6.71. The molecule has 2 aromatic rings. The second-order valence-corrected chi connectivity index (χ2v) is 6.71. The first kappa shape index (κ1) is 15.6. The fourth-order valence-electron chi connectivity index (χ4n) is 3.96. The molecular weight excluding hydrogens is 321 g/mol. The number of nitriles is 1. The van der Waals surface area contributed by atoms with E-state index in [4.69, 9.17) is 0 Å². The minimum absolute atomic E-state index is 0.0202. The molecule has 1 aromatic carbocycles. The molecule has 1 amide bonds. The number of nitrogens with one attached hydrogen (secondary N) is 1. The van der Waals surface area contributed by atoms with Crippen LogP contribution in [0.25, 0.3) is 5.69 Å². The summed E-state index contributed by atoms with van der Waals surface area (Å²) in [6.07, 6.45) is 8.23. The van der Waals surface area contributed by atoms with Crippen molar-refractivity contribution in [3.63, 3.8) is 0 Å². The summed E-state index contributed by atoms with van der Waals surface area (Å²) >= 11 is 0. The zero-order valence-electron chi connectivity index (χ0n) is 13.8. The third-order valence-electron chi connectivity index (χ3n) is 5.18. The molecule has 0 radical (unpaired) electrons. The average molecular weight is 339 g/mol. The molecule has 25 heavy (non-hydrogen) atoms.